The van der Waals surface area contributed by atoms with Crippen molar-refractivity contribution >= 4 is 23.0 Å². The van der Waals surface area contributed by atoms with Gasteiger partial charge in [0.15, 0.2) is 6.61 Å². The van der Waals surface area contributed by atoms with Crippen LogP contribution < -0.4 is 0 Å². The molecule has 0 aromatic heterocycles. The van der Waals surface area contributed by atoms with Crippen LogP contribution in [0.1, 0.15) is 33.6 Å². The summed E-state index contributed by atoms with van der Waals surface area (Å²) in [7, 11) is 0. The molecule has 2 bridgehead atoms. The smallest absolute Gasteiger partial charge is 0.351 e. The zero-order valence-corrected chi connectivity index (χ0v) is 12.6. The molecular weight excluding hydrogens is 310 g/mol. The first-order valence-electron chi connectivity index (χ1n) is 6.29. The Balaban J connectivity index is 2.21. The standard InChI is InChI=1S/C12H16F2O6S/c1-9(2)10(3)4-5-11(9,20-7(10)15)8(16)19-6-12(13,14)21(17)18/h4-6H2,1-3H3,(H,17,18)/p-1. The number of hydrogen-bond acceptors (Lipinski definition) is 6. The van der Waals surface area contributed by atoms with Gasteiger partial charge in [0, 0.05) is 16.5 Å². The molecule has 2 aliphatic rings. The van der Waals surface area contributed by atoms with Crippen LogP contribution in [0.5, 0.6) is 0 Å². The second-order valence-electron chi connectivity index (χ2n) is 6.12. The lowest BCUT2D eigenvalue weighted by molar-refractivity contribution is -0.186. The molecule has 0 radical (unpaired) electrons. The maximum absolute atomic E-state index is 13.0. The van der Waals surface area contributed by atoms with Crippen molar-refractivity contribution < 1.29 is 36.6 Å². The Labute approximate surface area is 122 Å². The molecule has 0 amide bonds. The van der Waals surface area contributed by atoms with Gasteiger partial charge >= 0.3 is 17.2 Å². The number of carbonyl (C=O) groups is 2. The van der Waals surface area contributed by atoms with Crippen molar-refractivity contribution in [1.29, 1.82) is 0 Å². The Kier molecular flexibility index (Phi) is 3.45. The van der Waals surface area contributed by atoms with E-state index in [-0.39, 0.29) is 6.42 Å². The largest absolute Gasteiger partial charge is 0.768 e. The summed E-state index contributed by atoms with van der Waals surface area (Å²) >= 11 is -3.70. The molecule has 3 unspecified atom stereocenters. The van der Waals surface area contributed by atoms with E-state index in [2.05, 4.69) is 4.74 Å². The molecule has 9 heteroatoms. The summed E-state index contributed by atoms with van der Waals surface area (Å²) in [6.45, 7) is 3.32. The summed E-state index contributed by atoms with van der Waals surface area (Å²) < 4.78 is 56.2. The van der Waals surface area contributed by atoms with E-state index < -0.39 is 51.3 Å². The average molecular weight is 325 g/mol. The van der Waals surface area contributed by atoms with Gasteiger partial charge in [0.25, 0.3) is 0 Å². The Morgan fingerprint density at radius 1 is 1.43 bits per heavy atom. The van der Waals surface area contributed by atoms with Crippen LogP contribution >= 0.6 is 0 Å². The molecular formula is C12H15F2O6S-. The lowest BCUT2D eigenvalue weighted by Gasteiger charge is -2.34. The molecule has 1 aliphatic heterocycles. The molecule has 1 heterocycles. The Morgan fingerprint density at radius 3 is 2.38 bits per heavy atom. The zero-order valence-electron chi connectivity index (χ0n) is 11.7. The van der Waals surface area contributed by atoms with Gasteiger partial charge in [-0.05, 0) is 19.8 Å². The van der Waals surface area contributed by atoms with Gasteiger partial charge in [-0.25, -0.2) is 4.79 Å². The molecule has 0 spiro atoms. The molecule has 1 saturated heterocycles. The molecule has 0 N–H and O–H groups in total. The predicted octanol–water partition coefficient (Wildman–Crippen LogP) is 1.12. The fourth-order valence-electron chi connectivity index (χ4n) is 3.02. The van der Waals surface area contributed by atoms with Gasteiger partial charge < -0.3 is 14.0 Å². The Morgan fingerprint density at radius 2 is 2.00 bits per heavy atom. The van der Waals surface area contributed by atoms with Gasteiger partial charge in [-0.3, -0.25) is 9.00 Å². The van der Waals surface area contributed by atoms with E-state index in [0.717, 1.165) is 0 Å². The zero-order chi connectivity index (χ0) is 16.3. The quantitative estimate of drug-likeness (QED) is 0.568. The highest BCUT2D eigenvalue weighted by Crippen LogP contribution is 2.65. The van der Waals surface area contributed by atoms with Gasteiger partial charge in [0.2, 0.25) is 5.60 Å². The van der Waals surface area contributed by atoms with Crippen molar-refractivity contribution in [2.24, 2.45) is 10.8 Å². The average Bonchev–Trinajstić information content (AvgIpc) is 2.66. The third-order valence-electron chi connectivity index (χ3n) is 5.03. The second-order valence-corrected chi connectivity index (χ2v) is 7.19. The molecule has 6 nitrogen and oxygen atoms in total. The van der Waals surface area contributed by atoms with E-state index in [1.165, 1.54) is 0 Å². The first-order chi connectivity index (χ1) is 9.41. The fraction of sp³-hybridized carbons (Fsp3) is 0.833. The summed E-state index contributed by atoms with van der Waals surface area (Å²) in [5, 5.41) is -4.18. The summed E-state index contributed by atoms with van der Waals surface area (Å²) in [6.07, 6.45) is 0.533. The highest BCUT2D eigenvalue weighted by molar-refractivity contribution is 7.80. The van der Waals surface area contributed by atoms with E-state index in [4.69, 9.17) is 4.74 Å². The lowest BCUT2D eigenvalue weighted by Crippen LogP contribution is -2.50. The highest BCUT2D eigenvalue weighted by Gasteiger charge is 2.76. The molecule has 1 saturated carbocycles. The normalized spacial score (nSPS) is 35.4. The number of hydrogen-bond donors (Lipinski definition) is 0. The Hall–Kier alpha value is -1.09. The van der Waals surface area contributed by atoms with Crippen molar-refractivity contribution in [2.75, 3.05) is 6.61 Å². The molecule has 3 atom stereocenters. The van der Waals surface area contributed by atoms with Crippen LogP contribution in [0.25, 0.3) is 0 Å². The van der Waals surface area contributed by atoms with E-state index in [9.17, 15) is 27.1 Å². The van der Waals surface area contributed by atoms with Crippen molar-refractivity contribution in [3.63, 3.8) is 0 Å². The van der Waals surface area contributed by atoms with Gasteiger partial charge in [0.05, 0.1) is 5.41 Å². The van der Waals surface area contributed by atoms with Gasteiger partial charge in [-0.15, -0.1) is 0 Å². The molecule has 0 aromatic carbocycles. The fourth-order valence-corrected chi connectivity index (χ4v) is 3.17. The van der Waals surface area contributed by atoms with Gasteiger partial charge in [-0.2, -0.15) is 8.78 Å². The highest BCUT2D eigenvalue weighted by atomic mass is 32.2. The monoisotopic (exact) mass is 325 g/mol. The molecule has 120 valence electrons. The minimum absolute atomic E-state index is 0.160. The predicted molar refractivity (Wildman–Crippen MR) is 64.8 cm³/mol. The summed E-state index contributed by atoms with van der Waals surface area (Å²) in [6, 6.07) is 0. The van der Waals surface area contributed by atoms with Crippen LogP contribution in [-0.4, -0.2) is 38.2 Å². The molecule has 21 heavy (non-hydrogen) atoms. The summed E-state index contributed by atoms with van der Waals surface area (Å²) in [5.74, 6) is -1.71. The number of rotatable bonds is 4. The Bertz CT molecular complexity index is 534. The van der Waals surface area contributed by atoms with Crippen LogP contribution in [0.4, 0.5) is 8.78 Å². The number of alkyl halides is 2. The van der Waals surface area contributed by atoms with E-state index in [1.807, 2.05) is 0 Å². The van der Waals surface area contributed by atoms with Gasteiger partial charge in [0.1, 0.15) is 0 Å². The molecule has 2 rings (SSSR count). The number of carbonyl (C=O) groups excluding carboxylic acids is 2. The maximum Gasteiger partial charge on any atom is 0.351 e. The minimum Gasteiger partial charge on any atom is -0.768 e. The lowest BCUT2D eigenvalue weighted by atomic mass is 9.66. The molecule has 2 fully saturated rings. The van der Waals surface area contributed by atoms with Crippen LogP contribution in [0.15, 0.2) is 0 Å². The van der Waals surface area contributed by atoms with E-state index in [0.29, 0.717) is 6.42 Å². The van der Waals surface area contributed by atoms with E-state index >= 15 is 0 Å². The van der Waals surface area contributed by atoms with Crippen LogP contribution in [-0.2, 0) is 30.1 Å². The molecule has 1 aliphatic carbocycles. The van der Waals surface area contributed by atoms with Gasteiger partial charge in [-0.1, -0.05) is 13.8 Å². The second kappa shape index (κ2) is 4.45. The first-order valence-corrected chi connectivity index (χ1v) is 7.36. The minimum atomic E-state index is -4.18. The third kappa shape index (κ3) is 1.93. The van der Waals surface area contributed by atoms with Crippen LogP contribution in [0, 0.1) is 10.8 Å². The SMILES string of the molecule is CC12CCC(C(=O)OCC(F)(F)S(=O)[O-])(OC1=O)C2(C)C. The van der Waals surface area contributed by atoms with E-state index in [1.54, 1.807) is 20.8 Å². The van der Waals surface area contributed by atoms with Crippen molar-refractivity contribution in [3.8, 4) is 0 Å². The summed E-state index contributed by atoms with van der Waals surface area (Å²) in [4.78, 5) is 24.1. The topological polar surface area (TPSA) is 92.7 Å². The number of esters is 2. The number of halogens is 2. The van der Waals surface area contributed by atoms with Crippen LogP contribution in [0.3, 0.4) is 0 Å². The summed E-state index contributed by atoms with van der Waals surface area (Å²) in [5.41, 5.74) is -3.46. The van der Waals surface area contributed by atoms with Crippen molar-refractivity contribution in [2.45, 2.75) is 44.5 Å². The molecule has 0 aromatic rings. The van der Waals surface area contributed by atoms with Crippen molar-refractivity contribution in [3.05, 3.63) is 0 Å². The third-order valence-corrected chi connectivity index (χ3v) is 5.63. The number of fused-ring (bicyclic) bond motifs is 2. The number of ether oxygens (including phenoxy) is 2. The first kappa shape index (κ1) is 16.3. The van der Waals surface area contributed by atoms with Crippen LogP contribution in [0.2, 0.25) is 0 Å². The van der Waals surface area contributed by atoms with Crippen molar-refractivity contribution in [1.82, 2.24) is 0 Å². The maximum atomic E-state index is 13.0.